The Bertz CT molecular complexity index is 742. The molecule has 0 saturated heterocycles. The molecule has 1 amide bonds. The maximum absolute atomic E-state index is 12.2. The third-order valence-electron chi connectivity index (χ3n) is 3.63. The molecule has 2 aromatic rings. The Labute approximate surface area is 150 Å². The van der Waals surface area contributed by atoms with Gasteiger partial charge in [0.25, 0.3) is 5.91 Å². The van der Waals surface area contributed by atoms with Crippen molar-refractivity contribution < 1.29 is 19.1 Å². The molecule has 0 aliphatic rings. The quantitative estimate of drug-likeness (QED) is 0.812. The molecule has 2 N–H and O–H groups in total. The average molecular weight is 372 g/mol. The Morgan fingerprint density at radius 3 is 2.62 bits per heavy atom. The summed E-state index contributed by atoms with van der Waals surface area (Å²) in [6.07, 6.45) is -0.891. The number of rotatable bonds is 6. The van der Waals surface area contributed by atoms with Crippen LogP contribution in [0.5, 0.6) is 5.75 Å². The summed E-state index contributed by atoms with van der Waals surface area (Å²) in [5.74, 6) is 1.35. The summed E-state index contributed by atoms with van der Waals surface area (Å²) in [6.45, 7) is 5.37. The predicted octanol–water partition coefficient (Wildman–Crippen LogP) is 3.68. The van der Waals surface area contributed by atoms with E-state index < -0.39 is 6.10 Å². The minimum Gasteiger partial charge on any atom is -0.489 e. The normalized spacial score (nSPS) is 12.1. The first kappa shape index (κ1) is 18.6. The lowest BCUT2D eigenvalue weighted by Crippen LogP contribution is -2.35. The maximum atomic E-state index is 12.2. The van der Waals surface area contributed by atoms with Gasteiger partial charge in [-0.1, -0.05) is 29.3 Å². The number of hydrogen-bond acceptors (Lipinski definition) is 4. The van der Waals surface area contributed by atoms with Gasteiger partial charge >= 0.3 is 0 Å². The smallest absolute Gasteiger partial charge is 0.255 e. The van der Waals surface area contributed by atoms with E-state index >= 15 is 0 Å². The molecular formula is C17H19Cl2NO4. The molecule has 2 rings (SSSR count). The molecule has 0 aliphatic heterocycles. The van der Waals surface area contributed by atoms with Gasteiger partial charge in [0.15, 0.2) is 0 Å². The van der Waals surface area contributed by atoms with Gasteiger partial charge in [-0.25, -0.2) is 0 Å². The highest BCUT2D eigenvalue weighted by Gasteiger charge is 2.19. The summed E-state index contributed by atoms with van der Waals surface area (Å²) in [5, 5.41) is 13.3. The van der Waals surface area contributed by atoms with Crippen molar-refractivity contribution in [2.24, 2.45) is 0 Å². The Morgan fingerprint density at radius 2 is 2.00 bits per heavy atom. The number of halogens is 2. The van der Waals surface area contributed by atoms with Crippen LogP contribution >= 0.6 is 23.2 Å². The average Bonchev–Trinajstić information content (AvgIpc) is 2.79. The van der Waals surface area contributed by atoms with Gasteiger partial charge < -0.3 is 19.6 Å². The lowest BCUT2D eigenvalue weighted by molar-refractivity contribution is 0.0842. The molecule has 1 heterocycles. The minimum atomic E-state index is -0.891. The first-order chi connectivity index (χ1) is 11.3. The number of carbonyl (C=O) groups excluding carboxylic acids is 1. The van der Waals surface area contributed by atoms with Crippen LogP contribution < -0.4 is 10.1 Å². The Balaban J connectivity index is 1.88. The predicted molar refractivity (Wildman–Crippen MR) is 93.2 cm³/mol. The number of amides is 1. The number of hydrogen-bond donors (Lipinski definition) is 2. The molecule has 0 saturated carbocycles. The maximum Gasteiger partial charge on any atom is 0.255 e. The molecule has 7 heteroatoms. The third kappa shape index (κ3) is 4.23. The molecular weight excluding hydrogens is 353 g/mol. The molecule has 0 bridgehead atoms. The summed E-state index contributed by atoms with van der Waals surface area (Å²) in [6, 6.07) is 5.00. The van der Waals surface area contributed by atoms with Crippen molar-refractivity contribution in [3.8, 4) is 5.75 Å². The molecule has 5 nitrogen and oxygen atoms in total. The first-order valence-electron chi connectivity index (χ1n) is 7.41. The Kier molecular flexibility index (Phi) is 6.15. The first-order valence-corrected chi connectivity index (χ1v) is 8.16. The minimum absolute atomic E-state index is 0.0251. The number of aryl methyl sites for hydroxylation is 2. The van der Waals surface area contributed by atoms with Crippen LogP contribution in [-0.2, 0) is 0 Å². The highest BCUT2D eigenvalue weighted by molar-refractivity contribution is 6.42. The lowest BCUT2D eigenvalue weighted by Gasteiger charge is -2.14. The highest BCUT2D eigenvalue weighted by atomic mass is 35.5. The van der Waals surface area contributed by atoms with E-state index in [-0.39, 0.29) is 24.1 Å². The molecule has 24 heavy (non-hydrogen) atoms. The van der Waals surface area contributed by atoms with Crippen LogP contribution in [0.15, 0.2) is 22.6 Å². The van der Waals surface area contributed by atoms with Gasteiger partial charge in [0.2, 0.25) is 0 Å². The molecule has 0 radical (unpaired) electrons. The zero-order chi connectivity index (χ0) is 17.9. The summed E-state index contributed by atoms with van der Waals surface area (Å²) < 4.78 is 10.9. The van der Waals surface area contributed by atoms with E-state index in [4.69, 9.17) is 32.4 Å². The Morgan fingerprint density at radius 1 is 1.29 bits per heavy atom. The van der Waals surface area contributed by atoms with Gasteiger partial charge in [-0.15, -0.1) is 0 Å². The van der Waals surface area contributed by atoms with Crippen molar-refractivity contribution >= 4 is 29.1 Å². The van der Waals surface area contributed by atoms with E-state index in [9.17, 15) is 9.90 Å². The molecule has 0 unspecified atom stereocenters. The second kappa shape index (κ2) is 7.92. The topological polar surface area (TPSA) is 71.7 Å². The van der Waals surface area contributed by atoms with Crippen molar-refractivity contribution in [2.75, 3.05) is 13.2 Å². The number of furan rings is 1. The van der Waals surface area contributed by atoms with Gasteiger partial charge in [-0.05, 0) is 32.9 Å². The van der Waals surface area contributed by atoms with Crippen LogP contribution in [0.4, 0.5) is 0 Å². The zero-order valence-electron chi connectivity index (χ0n) is 13.7. The van der Waals surface area contributed by atoms with Crippen LogP contribution in [0, 0.1) is 20.8 Å². The van der Waals surface area contributed by atoms with Gasteiger partial charge in [0, 0.05) is 12.1 Å². The lowest BCUT2D eigenvalue weighted by atomic mass is 10.1. The largest absolute Gasteiger partial charge is 0.489 e. The zero-order valence-corrected chi connectivity index (χ0v) is 15.2. The summed E-state index contributed by atoms with van der Waals surface area (Å²) in [7, 11) is 0. The molecule has 0 aliphatic carbocycles. The SMILES string of the molecule is Cc1oc(C)c(C(=O)NC[C@H](O)COc2cccc(Cl)c2Cl)c1C. The van der Waals surface area contributed by atoms with E-state index in [1.54, 1.807) is 32.0 Å². The number of aliphatic hydroxyl groups is 1. The number of carbonyl (C=O) groups is 1. The molecule has 130 valence electrons. The van der Waals surface area contributed by atoms with E-state index in [0.717, 1.165) is 5.56 Å². The summed E-state index contributed by atoms with van der Waals surface area (Å²) in [5.41, 5.74) is 1.29. The van der Waals surface area contributed by atoms with E-state index in [0.29, 0.717) is 27.9 Å². The highest BCUT2D eigenvalue weighted by Crippen LogP contribution is 2.31. The fraction of sp³-hybridized carbons (Fsp3) is 0.353. The van der Waals surface area contributed by atoms with E-state index in [1.165, 1.54) is 0 Å². The monoisotopic (exact) mass is 371 g/mol. The molecule has 1 atom stereocenters. The van der Waals surface area contributed by atoms with Crippen LogP contribution in [0.3, 0.4) is 0 Å². The number of aliphatic hydroxyl groups excluding tert-OH is 1. The van der Waals surface area contributed by atoms with Gasteiger partial charge in [-0.3, -0.25) is 4.79 Å². The van der Waals surface area contributed by atoms with Crippen molar-refractivity contribution in [1.82, 2.24) is 5.32 Å². The van der Waals surface area contributed by atoms with Crippen LogP contribution in [0.2, 0.25) is 10.0 Å². The molecule has 0 spiro atoms. The number of benzene rings is 1. The second-order valence-corrected chi connectivity index (χ2v) is 6.23. The number of nitrogens with one attached hydrogen (secondary N) is 1. The second-order valence-electron chi connectivity index (χ2n) is 5.44. The van der Waals surface area contributed by atoms with E-state index in [1.807, 2.05) is 6.92 Å². The van der Waals surface area contributed by atoms with Gasteiger partial charge in [0.05, 0.1) is 10.6 Å². The van der Waals surface area contributed by atoms with Crippen molar-refractivity contribution in [3.63, 3.8) is 0 Å². The van der Waals surface area contributed by atoms with Crippen molar-refractivity contribution in [3.05, 3.63) is 50.9 Å². The van der Waals surface area contributed by atoms with Crippen molar-refractivity contribution in [2.45, 2.75) is 26.9 Å². The third-order valence-corrected chi connectivity index (χ3v) is 4.44. The van der Waals surface area contributed by atoms with Crippen LogP contribution in [0.25, 0.3) is 0 Å². The number of ether oxygens (including phenoxy) is 1. The summed E-state index contributed by atoms with van der Waals surface area (Å²) >= 11 is 11.9. The molecule has 1 aromatic carbocycles. The Hall–Kier alpha value is -1.69. The fourth-order valence-corrected chi connectivity index (χ4v) is 2.61. The van der Waals surface area contributed by atoms with Crippen LogP contribution in [0.1, 0.15) is 27.4 Å². The van der Waals surface area contributed by atoms with Gasteiger partial charge in [0.1, 0.15) is 35.0 Å². The van der Waals surface area contributed by atoms with Crippen LogP contribution in [-0.4, -0.2) is 30.3 Å². The summed E-state index contributed by atoms with van der Waals surface area (Å²) in [4.78, 5) is 12.2. The molecule has 1 aromatic heterocycles. The standard InChI is InChI=1S/C17H19Cl2NO4/c1-9-10(2)24-11(3)15(9)17(22)20-7-12(21)8-23-14-6-4-5-13(18)16(14)19/h4-6,12,21H,7-8H2,1-3H3,(H,20,22)/t12-/m0/s1. The molecule has 0 fully saturated rings. The van der Waals surface area contributed by atoms with E-state index in [2.05, 4.69) is 5.32 Å². The van der Waals surface area contributed by atoms with Crippen molar-refractivity contribution in [1.29, 1.82) is 0 Å². The van der Waals surface area contributed by atoms with Gasteiger partial charge in [-0.2, -0.15) is 0 Å². The fourth-order valence-electron chi connectivity index (χ4n) is 2.27.